The lowest BCUT2D eigenvalue weighted by Gasteiger charge is -2.05. The van der Waals surface area contributed by atoms with Crippen molar-refractivity contribution >= 4 is 32.7 Å². The molecule has 0 saturated heterocycles. The number of hydrogen-bond acceptors (Lipinski definition) is 2. The van der Waals surface area contributed by atoms with E-state index in [0.717, 1.165) is 11.5 Å². The van der Waals surface area contributed by atoms with E-state index in [2.05, 4.69) is 0 Å². The summed E-state index contributed by atoms with van der Waals surface area (Å²) in [4.78, 5) is 12.6. The van der Waals surface area contributed by atoms with Crippen LogP contribution < -0.4 is 5.43 Å². The fraction of sp³-hybridized carbons (Fsp3) is 0. The topological polar surface area (TPSA) is 30.2 Å². The van der Waals surface area contributed by atoms with Crippen LogP contribution in [0, 0.1) is 11.6 Å². The molecule has 0 N–H and O–H groups in total. The molecular formula is C17H8F2O2. The average molecular weight is 282 g/mol. The molecule has 2 nitrogen and oxygen atoms in total. The zero-order valence-electron chi connectivity index (χ0n) is 10.7. The van der Waals surface area contributed by atoms with Crippen LogP contribution in [-0.2, 0) is 0 Å². The van der Waals surface area contributed by atoms with Crippen LogP contribution in [-0.4, -0.2) is 0 Å². The van der Waals surface area contributed by atoms with E-state index >= 15 is 0 Å². The number of benzene rings is 3. The Balaban J connectivity index is 2.32. The van der Waals surface area contributed by atoms with Gasteiger partial charge in [-0.15, -0.1) is 0 Å². The Morgan fingerprint density at radius 2 is 1.38 bits per heavy atom. The molecule has 0 spiro atoms. The molecule has 0 unspecified atom stereocenters. The Hall–Kier alpha value is -2.75. The summed E-state index contributed by atoms with van der Waals surface area (Å²) in [6.45, 7) is 0. The van der Waals surface area contributed by atoms with Crippen molar-refractivity contribution < 1.29 is 13.2 Å². The lowest BCUT2D eigenvalue weighted by molar-refractivity contribution is 0.623. The summed E-state index contributed by atoms with van der Waals surface area (Å²) in [5, 5.41) is 1.61. The summed E-state index contributed by atoms with van der Waals surface area (Å²) in [5.41, 5.74) is 0.309. The molecule has 4 heteroatoms. The molecule has 0 bridgehead atoms. The van der Waals surface area contributed by atoms with Crippen molar-refractivity contribution in [1.29, 1.82) is 0 Å². The SMILES string of the molecule is O=c1c2cc(F)ccc2oc2ccc3ccc(F)cc3c12. The molecule has 1 heterocycles. The van der Waals surface area contributed by atoms with Gasteiger partial charge in [-0.2, -0.15) is 0 Å². The Morgan fingerprint density at radius 3 is 2.19 bits per heavy atom. The molecular weight excluding hydrogens is 274 g/mol. The standard InChI is InChI=1S/C17H8F2O2/c18-10-3-1-9-2-5-15-16(12(9)7-10)17(20)13-8-11(19)4-6-14(13)21-15/h1-8H. The van der Waals surface area contributed by atoms with Crippen LogP contribution in [0.3, 0.4) is 0 Å². The molecule has 0 aliphatic rings. The van der Waals surface area contributed by atoms with Crippen molar-refractivity contribution in [1.82, 2.24) is 0 Å². The van der Waals surface area contributed by atoms with E-state index in [-0.39, 0.29) is 16.2 Å². The maximum Gasteiger partial charge on any atom is 0.201 e. The van der Waals surface area contributed by atoms with Gasteiger partial charge in [-0.25, -0.2) is 8.78 Å². The van der Waals surface area contributed by atoms with E-state index in [1.165, 1.54) is 24.3 Å². The first-order chi connectivity index (χ1) is 10.1. The predicted octanol–water partition coefficient (Wildman–Crippen LogP) is 4.38. The van der Waals surface area contributed by atoms with Gasteiger partial charge in [-0.3, -0.25) is 4.79 Å². The van der Waals surface area contributed by atoms with E-state index in [0.29, 0.717) is 16.6 Å². The molecule has 0 atom stereocenters. The highest BCUT2D eigenvalue weighted by atomic mass is 19.1. The van der Waals surface area contributed by atoms with Crippen molar-refractivity contribution in [3.63, 3.8) is 0 Å². The molecule has 4 rings (SSSR count). The van der Waals surface area contributed by atoms with Gasteiger partial charge in [-0.1, -0.05) is 12.1 Å². The van der Waals surface area contributed by atoms with Crippen LogP contribution >= 0.6 is 0 Å². The van der Waals surface area contributed by atoms with E-state index in [4.69, 9.17) is 4.42 Å². The molecule has 102 valence electrons. The minimum Gasteiger partial charge on any atom is -0.456 e. The highest BCUT2D eigenvalue weighted by molar-refractivity contribution is 6.08. The first-order valence-corrected chi connectivity index (χ1v) is 6.38. The molecule has 21 heavy (non-hydrogen) atoms. The zero-order valence-corrected chi connectivity index (χ0v) is 10.7. The minimum atomic E-state index is -0.513. The number of hydrogen-bond donors (Lipinski definition) is 0. The summed E-state index contributed by atoms with van der Waals surface area (Å²) in [6, 6.07) is 11.4. The lowest BCUT2D eigenvalue weighted by atomic mass is 10.0. The number of halogens is 2. The molecule has 4 aromatic rings. The summed E-state index contributed by atoms with van der Waals surface area (Å²) in [7, 11) is 0. The zero-order chi connectivity index (χ0) is 14.6. The molecule has 0 saturated carbocycles. The molecule has 0 aliphatic carbocycles. The van der Waals surface area contributed by atoms with Crippen LogP contribution in [0.4, 0.5) is 8.78 Å². The molecule has 0 aliphatic heterocycles. The van der Waals surface area contributed by atoms with Crippen molar-refractivity contribution in [2.45, 2.75) is 0 Å². The molecule has 0 amide bonds. The van der Waals surface area contributed by atoms with Gasteiger partial charge in [0.2, 0.25) is 5.43 Å². The Kier molecular flexibility index (Phi) is 2.36. The van der Waals surface area contributed by atoms with Gasteiger partial charge in [0.25, 0.3) is 0 Å². The summed E-state index contributed by atoms with van der Waals surface area (Å²) < 4.78 is 32.5. The van der Waals surface area contributed by atoms with Crippen LogP contribution in [0.2, 0.25) is 0 Å². The fourth-order valence-electron chi connectivity index (χ4n) is 2.61. The van der Waals surface area contributed by atoms with Crippen LogP contribution in [0.25, 0.3) is 32.7 Å². The van der Waals surface area contributed by atoms with Gasteiger partial charge in [0.15, 0.2) is 0 Å². The van der Waals surface area contributed by atoms with Gasteiger partial charge in [0.1, 0.15) is 22.8 Å². The smallest absolute Gasteiger partial charge is 0.201 e. The predicted molar refractivity (Wildman–Crippen MR) is 77.4 cm³/mol. The van der Waals surface area contributed by atoms with Crippen LogP contribution in [0.5, 0.6) is 0 Å². The Labute approximate surface area is 117 Å². The quantitative estimate of drug-likeness (QED) is 0.354. The largest absolute Gasteiger partial charge is 0.456 e. The normalized spacial score (nSPS) is 11.5. The van der Waals surface area contributed by atoms with Crippen LogP contribution in [0.15, 0.2) is 57.7 Å². The third-order valence-corrected chi connectivity index (χ3v) is 3.58. The minimum absolute atomic E-state index is 0.152. The summed E-state index contributed by atoms with van der Waals surface area (Å²) in [5.74, 6) is -0.950. The van der Waals surface area contributed by atoms with E-state index < -0.39 is 11.6 Å². The van der Waals surface area contributed by atoms with E-state index in [1.807, 2.05) is 0 Å². The van der Waals surface area contributed by atoms with E-state index in [9.17, 15) is 13.6 Å². The second-order valence-corrected chi connectivity index (χ2v) is 4.88. The first-order valence-electron chi connectivity index (χ1n) is 6.38. The maximum absolute atomic E-state index is 13.5. The second-order valence-electron chi connectivity index (χ2n) is 4.88. The van der Waals surface area contributed by atoms with Crippen molar-refractivity contribution in [2.75, 3.05) is 0 Å². The van der Waals surface area contributed by atoms with Crippen LogP contribution in [0.1, 0.15) is 0 Å². The molecule has 0 radical (unpaired) electrons. The number of fused-ring (bicyclic) bond motifs is 4. The first kappa shape index (κ1) is 12.0. The Morgan fingerprint density at radius 1 is 0.762 bits per heavy atom. The van der Waals surface area contributed by atoms with Crippen molar-refractivity contribution in [3.05, 3.63) is 70.4 Å². The molecule has 1 aromatic heterocycles. The summed E-state index contributed by atoms with van der Waals surface area (Å²) in [6.07, 6.45) is 0. The third kappa shape index (κ3) is 1.72. The number of rotatable bonds is 0. The lowest BCUT2D eigenvalue weighted by Crippen LogP contribution is -2.03. The summed E-state index contributed by atoms with van der Waals surface area (Å²) >= 11 is 0. The molecule has 0 fully saturated rings. The maximum atomic E-state index is 13.5. The van der Waals surface area contributed by atoms with Gasteiger partial charge < -0.3 is 4.42 Å². The Bertz CT molecular complexity index is 1080. The monoisotopic (exact) mass is 282 g/mol. The van der Waals surface area contributed by atoms with Gasteiger partial charge in [0.05, 0.1) is 10.8 Å². The van der Waals surface area contributed by atoms with Crippen molar-refractivity contribution in [3.8, 4) is 0 Å². The third-order valence-electron chi connectivity index (χ3n) is 3.58. The van der Waals surface area contributed by atoms with Gasteiger partial charge >= 0.3 is 0 Å². The van der Waals surface area contributed by atoms with Gasteiger partial charge in [-0.05, 0) is 47.2 Å². The molecule has 3 aromatic carbocycles. The highest BCUT2D eigenvalue weighted by Gasteiger charge is 2.12. The van der Waals surface area contributed by atoms with E-state index in [1.54, 1.807) is 18.2 Å². The highest BCUT2D eigenvalue weighted by Crippen LogP contribution is 2.26. The van der Waals surface area contributed by atoms with Crippen molar-refractivity contribution in [2.24, 2.45) is 0 Å². The fourth-order valence-corrected chi connectivity index (χ4v) is 2.61. The average Bonchev–Trinajstić information content (AvgIpc) is 2.47. The second kappa shape index (κ2) is 4.12. The van der Waals surface area contributed by atoms with Gasteiger partial charge in [0, 0.05) is 0 Å².